The molecule has 1 aliphatic rings. The smallest absolute Gasteiger partial charge is 0.422 e. The molecule has 0 aliphatic carbocycles. The van der Waals surface area contributed by atoms with Crippen LogP contribution < -0.4 is 20.7 Å². The number of benzene rings is 1. The molecule has 1 aromatic carbocycles. The van der Waals surface area contributed by atoms with Crippen molar-refractivity contribution in [3.63, 3.8) is 0 Å². The van der Waals surface area contributed by atoms with E-state index in [2.05, 4.69) is 25.7 Å². The van der Waals surface area contributed by atoms with Crippen molar-refractivity contribution in [1.82, 2.24) is 20.9 Å². The predicted octanol–water partition coefficient (Wildman–Crippen LogP) is 2.90. The van der Waals surface area contributed by atoms with Gasteiger partial charge in [-0.3, -0.25) is 4.79 Å². The molecule has 1 fully saturated rings. The van der Waals surface area contributed by atoms with E-state index in [1.165, 1.54) is 0 Å². The number of nitrogens with one attached hydrogen (secondary N) is 3. The van der Waals surface area contributed by atoms with Gasteiger partial charge in [0.05, 0.1) is 10.9 Å². The number of ether oxygens (including phenoxy) is 1. The van der Waals surface area contributed by atoms with E-state index in [4.69, 9.17) is 11.6 Å². The van der Waals surface area contributed by atoms with Gasteiger partial charge >= 0.3 is 12.2 Å². The average Bonchev–Trinajstić information content (AvgIpc) is 3.31. The Hall–Kier alpha value is -2.67. The highest BCUT2D eigenvalue weighted by Gasteiger charge is 2.32. The molecular weight excluding hydrogens is 459 g/mol. The number of carbonyl (C=O) groups excluding carboxylic acids is 2. The van der Waals surface area contributed by atoms with Crippen LogP contribution in [0.4, 0.5) is 26.7 Å². The monoisotopic (exact) mass is 470 g/mol. The van der Waals surface area contributed by atoms with Crippen molar-refractivity contribution in [2.24, 2.45) is 0 Å². The second kappa shape index (κ2) is 8.60. The van der Waals surface area contributed by atoms with Crippen LogP contribution in [0.3, 0.4) is 0 Å². The molecule has 30 heavy (non-hydrogen) atoms. The van der Waals surface area contributed by atoms with Crippen molar-refractivity contribution in [2.75, 3.05) is 13.2 Å². The van der Waals surface area contributed by atoms with Crippen LogP contribution in [0.2, 0.25) is 5.02 Å². The first-order chi connectivity index (χ1) is 14.0. The highest BCUT2D eigenvalue weighted by atomic mass is 35.5. The van der Waals surface area contributed by atoms with Crippen LogP contribution in [0.1, 0.15) is 16.5 Å². The minimum Gasteiger partial charge on any atom is -0.460 e. The van der Waals surface area contributed by atoms with Crippen LogP contribution in [-0.4, -0.2) is 42.3 Å². The van der Waals surface area contributed by atoms with E-state index in [9.17, 15) is 31.5 Å². The first-order valence-electron chi connectivity index (χ1n) is 8.18. The standard InChI is InChI=1S/C16H12ClF5N4O3S/c17-10-7(18)2-1-6(11(10)19)12(26-13(27)8-3-23-14(28)25-8)9-4-24-15(30-9)29-5-16(20,21)22/h1-2,4,8,12H,3,5H2,(H,26,27)(H2,23,25,28)/t8-,12?/m0/s1. The number of rotatable bonds is 6. The van der Waals surface area contributed by atoms with Crippen LogP contribution >= 0.6 is 22.9 Å². The molecule has 0 spiro atoms. The van der Waals surface area contributed by atoms with Gasteiger partial charge in [-0.15, -0.1) is 0 Å². The first kappa shape index (κ1) is 22.0. The third-order valence-corrected chi connectivity index (χ3v) is 5.22. The fourth-order valence-electron chi connectivity index (χ4n) is 2.54. The summed E-state index contributed by atoms with van der Waals surface area (Å²) in [5, 5.41) is 5.98. The highest BCUT2D eigenvalue weighted by molar-refractivity contribution is 7.13. The van der Waals surface area contributed by atoms with E-state index in [1.807, 2.05) is 0 Å². The van der Waals surface area contributed by atoms with E-state index in [-0.39, 0.29) is 22.2 Å². The molecule has 1 aromatic heterocycles. The van der Waals surface area contributed by atoms with E-state index < -0.39 is 53.5 Å². The maximum Gasteiger partial charge on any atom is 0.422 e. The van der Waals surface area contributed by atoms with Gasteiger partial charge < -0.3 is 20.7 Å². The van der Waals surface area contributed by atoms with Crippen LogP contribution in [-0.2, 0) is 4.79 Å². The van der Waals surface area contributed by atoms with E-state index >= 15 is 0 Å². The Morgan fingerprint density at radius 3 is 2.77 bits per heavy atom. The lowest BCUT2D eigenvalue weighted by Crippen LogP contribution is -2.44. The van der Waals surface area contributed by atoms with Crippen molar-refractivity contribution in [3.05, 3.63) is 45.4 Å². The third kappa shape index (κ3) is 5.08. The zero-order valence-corrected chi connectivity index (χ0v) is 16.2. The van der Waals surface area contributed by atoms with Crippen molar-refractivity contribution >= 4 is 34.9 Å². The molecule has 1 saturated heterocycles. The maximum absolute atomic E-state index is 14.6. The molecule has 3 rings (SSSR count). The zero-order chi connectivity index (χ0) is 22.1. The topological polar surface area (TPSA) is 92.4 Å². The highest BCUT2D eigenvalue weighted by Crippen LogP contribution is 2.35. The number of hydrogen-bond donors (Lipinski definition) is 3. The van der Waals surface area contributed by atoms with Gasteiger partial charge in [0, 0.05) is 18.3 Å². The van der Waals surface area contributed by atoms with Gasteiger partial charge in [-0.05, 0) is 6.07 Å². The van der Waals surface area contributed by atoms with Gasteiger partial charge in [0.2, 0.25) is 5.91 Å². The lowest BCUT2D eigenvalue weighted by molar-refractivity contribution is -0.153. The van der Waals surface area contributed by atoms with Gasteiger partial charge in [0.25, 0.3) is 5.19 Å². The molecule has 0 bridgehead atoms. The number of hydrogen-bond acceptors (Lipinski definition) is 5. The Morgan fingerprint density at radius 2 is 2.13 bits per heavy atom. The molecule has 1 unspecified atom stereocenters. The van der Waals surface area contributed by atoms with E-state index in [0.717, 1.165) is 18.3 Å². The quantitative estimate of drug-likeness (QED) is 0.447. The number of nitrogens with zero attached hydrogens (tertiary/aromatic N) is 1. The number of carbonyl (C=O) groups is 2. The number of urea groups is 1. The summed E-state index contributed by atoms with van der Waals surface area (Å²) < 4.78 is 69.7. The fraction of sp³-hybridized carbons (Fsp3) is 0.312. The van der Waals surface area contributed by atoms with Crippen LogP contribution in [0.25, 0.3) is 0 Å². The van der Waals surface area contributed by atoms with Crippen molar-refractivity contribution in [3.8, 4) is 5.19 Å². The lowest BCUT2D eigenvalue weighted by Gasteiger charge is -2.20. The Balaban J connectivity index is 1.90. The molecule has 162 valence electrons. The molecule has 2 aromatic rings. The average molecular weight is 471 g/mol. The molecule has 14 heteroatoms. The molecule has 7 nitrogen and oxygen atoms in total. The van der Waals surface area contributed by atoms with E-state index in [0.29, 0.717) is 11.3 Å². The molecular formula is C16H12ClF5N4O3S. The van der Waals surface area contributed by atoms with E-state index in [1.54, 1.807) is 0 Å². The van der Waals surface area contributed by atoms with Crippen molar-refractivity contribution in [1.29, 1.82) is 0 Å². The molecule has 2 atom stereocenters. The molecule has 1 aliphatic heterocycles. The summed E-state index contributed by atoms with van der Waals surface area (Å²) in [5.41, 5.74) is -0.252. The lowest BCUT2D eigenvalue weighted by atomic mass is 10.0. The second-order valence-corrected chi connectivity index (χ2v) is 7.45. The molecule has 3 N–H and O–H groups in total. The number of halogens is 6. The minimum atomic E-state index is -4.59. The van der Waals surface area contributed by atoms with Gasteiger partial charge in [0.1, 0.15) is 22.7 Å². The Morgan fingerprint density at radius 1 is 1.40 bits per heavy atom. The number of aromatic nitrogens is 1. The first-order valence-corrected chi connectivity index (χ1v) is 9.38. The summed E-state index contributed by atoms with van der Waals surface area (Å²) in [4.78, 5) is 27.5. The van der Waals surface area contributed by atoms with Gasteiger partial charge in [-0.25, -0.2) is 18.6 Å². The maximum atomic E-state index is 14.6. The van der Waals surface area contributed by atoms with Gasteiger partial charge in [-0.2, -0.15) is 13.2 Å². The predicted molar refractivity (Wildman–Crippen MR) is 95.3 cm³/mol. The fourth-order valence-corrected chi connectivity index (χ4v) is 3.54. The number of amides is 3. The van der Waals surface area contributed by atoms with Crippen LogP contribution in [0.15, 0.2) is 18.3 Å². The minimum absolute atomic E-state index is 0.0350. The third-order valence-electron chi connectivity index (χ3n) is 3.90. The number of thiazole rings is 1. The summed E-state index contributed by atoms with van der Waals surface area (Å²) in [7, 11) is 0. The summed E-state index contributed by atoms with van der Waals surface area (Å²) in [6.45, 7) is -1.62. The summed E-state index contributed by atoms with van der Waals surface area (Å²) >= 11 is 6.24. The SMILES string of the molecule is O=C1NC[C@@H](C(=O)NC(c2cnc(OCC(F)(F)F)s2)c2ccc(F)c(Cl)c2F)N1. The molecule has 0 radical (unpaired) electrons. The van der Waals surface area contributed by atoms with Crippen LogP contribution in [0.5, 0.6) is 5.19 Å². The second-order valence-electron chi connectivity index (χ2n) is 6.05. The van der Waals surface area contributed by atoms with Crippen molar-refractivity contribution < 1.29 is 36.3 Å². The Bertz CT molecular complexity index is 971. The summed E-state index contributed by atoms with van der Waals surface area (Å²) in [6.07, 6.45) is -3.51. The Labute approximate surface area is 174 Å². The zero-order valence-electron chi connectivity index (χ0n) is 14.6. The molecule has 3 amide bonds. The molecule has 0 saturated carbocycles. The van der Waals surface area contributed by atoms with Crippen LogP contribution in [0, 0.1) is 11.6 Å². The molecule has 2 heterocycles. The van der Waals surface area contributed by atoms with Gasteiger partial charge in [0.15, 0.2) is 6.61 Å². The normalized spacial score (nSPS) is 17.3. The summed E-state index contributed by atoms with van der Waals surface area (Å²) in [5.74, 6) is -2.92. The largest absolute Gasteiger partial charge is 0.460 e. The van der Waals surface area contributed by atoms with Gasteiger partial charge in [-0.1, -0.05) is 29.0 Å². The Kier molecular flexibility index (Phi) is 6.31. The number of alkyl halides is 3. The van der Waals surface area contributed by atoms with Crippen molar-refractivity contribution in [2.45, 2.75) is 18.3 Å². The summed E-state index contributed by atoms with van der Waals surface area (Å²) in [6, 6.07) is -0.936.